The molecule has 0 atom stereocenters. The Labute approximate surface area is 140 Å². The standard InChI is InChI=1S/C18H20FN3O2/c1-3-22(4-2)18(24)13-9-10-20-16(11-13)17(23)21-12-14-7-5-6-8-15(14)19/h5-11H,3-4,12H2,1-2H3,(H,21,23). The zero-order valence-electron chi connectivity index (χ0n) is 13.8. The van der Waals surface area contributed by atoms with Crippen molar-refractivity contribution in [2.75, 3.05) is 13.1 Å². The van der Waals surface area contributed by atoms with E-state index in [0.29, 0.717) is 24.2 Å². The maximum atomic E-state index is 13.6. The van der Waals surface area contributed by atoms with Crippen LogP contribution in [0.3, 0.4) is 0 Å². The van der Waals surface area contributed by atoms with E-state index in [0.717, 1.165) is 0 Å². The van der Waals surface area contributed by atoms with Crippen LogP contribution in [0.4, 0.5) is 4.39 Å². The van der Waals surface area contributed by atoms with Crippen LogP contribution in [-0.4, -0.2) is 34.8 Å². The second-order valence-corrected chi connectivity index (χ2v) is 5.18. The number of rotatable bonds is 6. The van der Waals surface area contributed by atoms with Crippen molar-refractivity contribution in [1.82, 2.24) is 15.2 Å². The fourth-order valence-corrected chi connectivity index (χ4v) is 2.29. The number of halogens is 1. The van der Waals surface area contributed by atoms with Gasteiger partial charge in [0, 0.05) is 37.0 Å². The van der Waals surface area contributed by atoms with Gasteiger partial charge in [-0.25, -0.2) is 4.39 Å². The molecule has 1 heterocycles. The van der Waals surface area contributed by atoms with Crippen LogP contribution in [0.15, 0.2) is 42.6 Å². The topological polar surface area (TPSA) is 62.3 Å². The number of benzene rings is 1. The largest absolute Gasteiger partial charge is 0.347 e. The third kappa shape index (κ3) is 4.16. The fraction of sp³-hybridized carbons (Fsp3) is 0.278. The fourth-order valence-electron chi connectivity index (χ4n) is 2.29. The number of aromatic nitrogens is 1. The van der Waals surface area contributed by atoms with E-state index < -0.39 is 5.91 Å². The molecular weight excluding hydrogens is 309 g/mol. The molecule has 2 aromatic rings. The number of hydrogen-bond acceptors (Lipinski definition) is 3. The van der Waals surface area contributed by atoms with Crippen LogP contribution < -0.4 is 5.32 Å². The van der Waals surface area contributed by atoms with Gasteiger partial charge in [0.05, 0.1) is 0 Å². The van der Waals surface area contributed by atoms with Crippen molar-refractivity contribution >= 4 is 11.8 Å². The Morgan fingerprint density at radius 3 is 2.54 bits per heavy atom. The average molecular weight is 329 g/mol. The highest BCUT2D eigenvalue weighted by Crippen LogP contribution is 2.08. The zero-order chi connectivity index (χ0) is 17.5. The van der Waals surface area contributed by atoms with Gasteiger partial charge in [-0.15, -0.1) is 0 Å². The molecule has 126 valence electrons. The third-order valence-corrected chi connectivity index (χ3v) is 3.69. The molecule has 24 heavy (non-hydrogen) atoms. The van der Waals surface area contributed by atoms with Gasteiger partial charge >= 0.3 is 0 Å². The Morgan fingerprint density at radius 1 is 1.17 bits per heavy atom. The molecule has 0 saturated carbocycles. The molecule has 0 fully saturated rings. The predicted molar refractivity (Wildman–Crippen MR) is 89.1 cm³/mol. The van der Waals surface area contributed by atoms with E-state index >= 15 is 0 Å². The number of nitrogens with one attached hydrogen (secondary N) is 1. The van der Waals surface area contributed by atoms with Crippen LogP contribution in [0.2, 0.25) is 0 Å². The quantitative estimate of drug-likeness (QED) is 0.886. The number of carbonyl (C=O) groups is 2. The van der Waals surface area contributed by atoms with Gasteiger partial charge in [-0.05, 0) is 32.0 Å². The van der Waals surface area contributed by atoms with Gasteiger partial charge in [0.15, 0.2) is 0 Å². The first kappa shape index (κ1) is 17.6. The highest BCUT2D eigenvalue weighted by Gasteiger charge is 2.15. The molecule has 1 N–H and O–H groups in total. The molecule has 1 aromatic heterocycles. The number of carbonyl (C=O) groups excluding carboxylic acids is 2. The maximum absolute atomic E-state index is 13.6. The van der Waals surface area contributed by atoms with Crippen LogP contribution in [-0.2, 0) is 6.54 Å². The minimum atomic E-state index is -0.451. The second kappa shape index (κ2) is 8.19. The van der Waals surface area contributed by atoms with Gasteiger partial charge in [0.1, 0.15) is 11.5 Å². The summed E-state index contributed by atoms with van der Waals surface area (Å²) in [6.45, 7) is 5.02. The van der Waals surface area contributed by atoms with Crippen molar-refractivity contribution in [3.8, 4) is 0 Å². The Bertz CT molecular complexity index is 730. The summed E-state index contributed by atoms with van der Waals surface area (Å²) in [5.41, 5.74) is 0.926. The number of amides is 2. The minimum Gasteiger partial charge on any atom is -0.347 e. The molecule has 0 aliphatic heterocycles. The van der Waals surface area contributed by atoms with Gasteiger partial charge in [0.2, 0.25) is 0 Å². The number of nitrogens with zero attached hydrogens (tertiary/aromatic N) is 2. The lowest BCUT2D eigenvalue weighted by Crippen LogP contribution is -2.31. The van der Waals surface area contributed by atoms with E-state index in [1.165, 1.54) is 18.3 Å². The van der Waals surface area contributed by atoms with Crippen molar-refractivity contribution < 1.29 is 14.0 Å². The molecule has 0 unspecified atom stereocenters. The Morgan fingerprint density at radius 2 is 1.88 bits per heavy atom. The Kier molecular flexibility index (Phi) is 6.01. The predicted octanol–water partition coefficient (Wildman–Crippen LogP) is 2.63. The molecule has 0 bridgehead atoms. The normalized spacial score (nSPS) is 10.3. The highest BCUT2D eigenvalue weighted by atomic mass is 19.1. The van der Waals surface area contributed by atoms with Crippen LogP contribution in [0.5, 0.6) is 0 Å². The summed E-state index contributed by atoms with van der Waals surface area (Å²) in [7, 11) is 0. The Balaban J connectivity index is 2.09. The molecule has 0 aliphatic rings. The molecule has 6 heteroatoms. The lowest BCUT2D eigenvalue weighted by molar-refractivity contribution is 0.0773. The summed E-state index contributed by atoms with van der Waals surface area (Å²) in [5.74, 6) is -0.978. The highest BCUT2D eigenvalue weighted by molar-refractivity contribution is 5.98. The van der Waals surface area contributed by atoms with E-state index in [2.05, 4.69) is 10.3 Å². The van der Waals surface area contributed by atoms with Crippen LogP contribution >= 0.6 is 0 Å². The van der Waals surface area contributed by atoms with Gasteiger partial charge in [-0.2, -0.15) is 0 Å². The molecule has 0 radical (unpaired) electrons. The van der Waals surface area contributed by atoms with E-state index in [9.17, 15) is 14.0 Å². The third-order valence-electron chi connectivity index (χ3n) is 3.69. The molecule has 0 aliphatic carbocycles. The monoisotopic (exact) mass is 329 g/mol. The first-order valence-corrected chi connectivity index (χ1v) is 7.83. The van der Waals surface area contributed by atoms with E-state index in [1.807, 2.05) is 13.8 Å². The molecule has 0 spiro atoms. The van der Waals surface area contributed by atoms with Crippen molar-refractivity contribution in [2.45, 2.75) is 20.4 Å². The molecule has 1 aromatic carbocycles. The second-order valence-electron chi connectivity index (χ2n) is 5.18. The van der Waals surface area contributed by atoms with E-state index in [-0.39, 0.29) is 24.0 Å². The zero-order valence-corrected chi connectivity index (χ0v) is 13.8. The lowest BCUT2D eigenvalue weighted by atomic mass is 10.2. The smallest absolute Gasteiger partial charge is 0.270 e. The van der Waals surface area contributed by atoms with Crippen molar-refractivity contribution in [3.05, 3.63) is 65.2 Å². The van der Waals surface area contributed by atoms with E-state index in [4.69, 9.17) is 0 Å². The molecule has 5 nitrogen and oxygen atoms in total. The molecular formula is C18H20FN3O2. The number of pyridine rings is 1. The van der Waals surface area contributed by atoms with E-state index in [1.54, 1.807) is 29.2 Å². The van der Waals surface area contributed by atoms with Crippen LogP contribution in [0, 0.1) is 5.82 Å². The summed E-state index contributed by atoms with van der Waals surface area (Å²) < 4.78 is 13.6. The lowest BCUT2D eigenvalue weighted by Gasteiger charge is -2.18. The van der Waals surface area contributed by atoms with Crippen LogP contribution in [0.25, 0.3) is 0 Å². The van der Waals surface area contributed by atoms with Crippen molar-refractivity contribution in [3.63, 3.8) is 0 Å². The average Bonchev–Trinajstić information content (AvgIpc) is 2.62. The van der Waals surface area contributed by atoms with Gasteiger partial charge in [0.25, 0.3) is 11.8 Å². The summed E-state index contributed by atoms with van der Waals surface area (Å²) in [4.78, 5) is 30.2. The van der Waals surface area contributed by atoms with Gasteiger partial charge in [-0.3, -0.25) is 14.6 Å². The summed E-state index contributed by atoms with van der Waals surface area (Å²) in [5, 5.41) is 2.61. The number of hydrogen-bond donors (Lipinski definition) is 1. The molecule has 0 saturated heterocycles. The Hall–Kier alpha value is -2.76. The van der Waals surface area contributed by atoms with Crippen LogP contribution in [0.1, 0.15) is 40.3 Å². The SMILES string of the molecule is CCN(CC)C(=O)c1ccnc(C(=O)NCc2ccccc2F)c1. The summed E-state index contributed by atoms with van der Waals surface area (Å²) in [6.07, 6.45) is 1.43. The first-order valence-electron chi connectivity index (χ1n) is 7.83. The molecule has 2 rings (SSSR count). The first-order chi connectivity index (χ1) is 11.6. The van der Waals surface area contributed by atoms with Gasteiger partial charge in [-0.1, -0.05) is 18.2 Å². The summed E-state index contributed by atoms with van der Waals surface area (Å²) in [6, 6.07) is 9.26. The van der Waals surface area contributed by atoms with Crippen molar-refractivity contribution in [2.24, 2.45) is 0 Å². The molecule has 2 amide bonds. The summed E-state index contributed by atoms with van der Waals surface area (Å²) >= 11 is 0. The maximum Gasteiger partial charge on any atom is 0.270 e. The van der Waals surface area contributed by atoms with Gasteiger partial charge < -0.3 is 10.2 Å². The minimum absolute atomic E-state index is 0.0570. The van der Waals surface area contributed by atoms with Crippen molar-refractivity contribution in [1.29, 1.82) is 0 Å².